The first kappa shape index (κ1) is 12.7. The van der Waals surface area contributed by atoms with Gasteiger partial charge in [0.2, 0.25) is 6.10 Å². The third-order valence-corrected chi connectivity index (χ3v) is 3.58. The molecule has 1 aliphatic heterocycles. The fraction of sp³-hybridized carbons (Fsp3) is 0.500. The van der Waals surface area contributed by atoms with E-state index in [9.17, 15) is 4.79 Å². The topological polar surface area (TPSA) is 49.8 Å². The Bertz CT molecular complexity index is 470. The van der Waals surface area contributed by atoms with Crippen LogP contribution in [0.2, 0.25) is 0 Å². The van der Waals surface area contributed by atoms with Gasteiger partial charge in [0.05, 0.1) is 11.7 Å². The number of hydrogen-bond acceptors (Lipinski definition) is 3. The molecule has 1 aliphatic rings. The molecule has 0 radical (unpaired) electrons. The van der Waals surface area contributed by atoms with E-state index in [1.165, 1.54) is 5.56 Å². The first-order valence-corrected chi connectivity index (χ1v) is 6.18. The Morgan fingerprint density at radius 3 is 2.67 bits per heavy atom. The fourth-order valence-corrected chi connectivity index (χ4v) is 2.18. The molecular weight excluding hydrogens is 230 g/mol. The third kappa shape index (κ3) is 2.03. The smallest absolute Gasteiger partial charge is 0.347 e. The average molecular weight is 249 g/mol. The van der Waals surface area contributed by atoms with Gasteiger partial charge in [-0.05, 0) is 30.5 Å². The van der Waals surface area contributed by atoms with Gasteiger partial charge in [0.15, 0.2) is 0 Å². The summed E-state index contributed by atoms with van der Waals surface area (Å²) in [7, 11) is 1.91. The second kappa shape index (κ2) is 4.52. The number of anilines is 1. The molecule has 2 atom stereocenters. The molecule has 0 spiro atoms. The predicted molar refractivity (Wildman–Crippen MR) is 70.4 cm³/mol. The first-order valence-electron chi connectivity index (χ1n) is 6.18. The molecular formula is C14H19NO3. The molecule has 1 aromatic rings. The van der Waals surface area contributed by atoms with Crippen molar-refractivity contribution in [1.29, 1.82) is 0 Å². The number of carboxylic acids is 1. The van der Waals surface area contributed by atoms with E-state index in [1.807, 2.05) is 31.0 Å². The number of ether oxygens (including phenoxy) is 1. The Balaban J connectivity index is 2.42. The van der Waals surface area contributed by atoms with Crippen LogP contribution in [0.15, 0.2) is 18.2 Å². The third-order valence-electron chi connectivity index (χ3n) is 3.58. The van der Waals surface area contributed by atoms with Crippen LogP contribution >= 0.6 is 0 Å². The van der Waals surface area contributed by atoms with E-state index >= 15 is 0 Å². The second-order valence-electron chi connectivity index (χ2n) is 5.11. The van der Waals surface area contributed by atoms with Crippen molar-refractivity contribution in [2.75, 3.05) is 11.9 Å². The normalized spacial score (nSPS) is 22.6. The lowest BCUT2D eigenvalue weighted by molar-refractivity contribution is -0.146. The van der Waals surface area contributed by atoms with Crippen LogP contribution in [0.5, 0.6) is 5.75 Å². The Kier molecular flexibility index (Phi) is 3.20. The van der Waals surface area contributed by atoms with Gasteiger partial charge in [0.1, 0.15) is 5.75 Å². The molecule has 0 saturated heterocycles. The highest BCUT2D eigenvalue weighted by molar-refractivity contribution is 5.77. The highest BCUT2D eigenvalue weighted by Gasteiger charge is 2.35. The lowest BCUT2D eigenvalue weighted by Gasteiger charge is -2.38. The zero-order valence-electron chi connectivity index (χ0n) is 11.2. The number of carboxylic acid groups (broad SMARTS) is 1. The zero-order chi connectivity index (χ0) is 13.4. The van der Waals surface area contributed by atoms with Gasteiger partial charge in [-0.15, -0.1) is 0 Å². The maximum Gasteiger partial charge on any atom is 0.347 e. The SMILES string of the molecule is CC(C)c1ccc2c(c1)N(C)C(C)C(C(=O)O)O2. The fourth-order valence-electron chi connectivity index (χ4n) is 2.18. The second-order valence-corrected chi connectivity index (χ2v) is 5.11. The minimum atomic E-state index is -0.923. The number of hydrogen-bond donors (Lipinski definition) is 1. The van der Waals surface area contributed by atoms with Gasteiger partial charge in [-0.2, -0.15) is 0 Å². The van der Waals surface area contributed by atoms with Gasteiger partial charge in [0, 0.05) is 7.05 Å². The highest BCUT2D eigenvalue weighted by atomic mass is 16.5. The molecule has 1 N–H and O–H groups in total. The summed E-state index contributed by atoms with van der Waals surface area (Å²) in [5, 5.41) is 9.14. The van der Waals surface area contributed by atoms with Crippen molar-refractivity contribution in [2.24, 2.45) is 0 Å². The number of rotatable bonds is 2. The molecule has 0 saturated carbocycles. The molecule has 0 bridgehead atoms. The highest BCUT2D eigenvalue weighted by Crippen LogP contribution is 2.37. The molecule has 18 heavy (non-hydrogen) atoms. The standard InChI is InChI=1S/C14H19NO3/c1-8(2)10-5-6-12-11(7-10)15(4)9(3)13(18-12)14(16)17/h5-9,13H,1-4H3,(H,16,17). The summed E-state index contributed by atoms with van der Waals surface area (Å²) in [6.07, 6.45) is -0.813. The van der Waals surface area contributed by atoms with Gasteiger partial charge < -0.3 is 14.7 Å². The minimum Gasteiger partial charge on any atom is -0.478 e. The molecule has 0 amide bonds. The lowest BCUT2D eigenvalue weighted by atomic mass is 10.00. The molecule has 0 aromatic heterocycles. The maximum atomic E-state index is 11.1. The largest absolute Gasteiger partial charge is 0.478 e. The van der Waals surface area contributed by atoms with Gasteiger partial charge >= 0.3 is 5.97 Å². The molecule has 2 rings (SSSR count). The number of carbonyl (C=O) groups is 1. The van der Waals surface area contributed by atoms with Gasteiger partial charge in [-0.3, -0.25) is 0 Å². The van der Waals surface area contributed by atoms with Crippen molar-refractivity contribution in [2.45, 2.75) is 38.8 Å². The summed E-state index contributed by atoms with van der Waals surface area (Å²) in [5.41, 5.74) is 2.19. The van der Waals surface area contributed by atoms with Crippen LogP contribution < -0.4 is 9.64 Å². The van der Waals surface area contributed by atoms with Gasteiger partial charge in [0.25, 0.3) is 0 Å². The molecule has 1 aromatic carbocycles. The molecule has 98 valence electrons. The van der Waals surface area contributed by atoms with Crippen LogP contribution in [0, 0.1) is 0 Å². The first-order chi connectivity index (χ1) is 8.41. The molecule has 4 nitrogen and oxygen atoms in total. The summed E-state index contributed by atoms with van der Waals surface area (Å²) >= 11 is 0. The summed E-state index contributed by atoms with van der Waals surface area (Å²) in [6.45, 7) is 6.13. The van der Waals surface area contributed by atoms with E-state index < -0.39 is 12.1 Å². The molecule has 4 heteroatoms. The van der Waals surface area contributed by atoms with Gasteiger partial charge in [-0.1, -0.05) is 19.9 Å². The van der Waals surface area contributed by atoms with Crippen LogP contribution in [0.4, 0.5) is 5.69 Å². The maximum absolute atomic E-state index is 11.1. The Morgan fingerprint density at radius 2 is 2.11 bits per heavy atom. The zero-order valence-corrected chi connectivity index (χ0v) is 11.2. The van der Waals surface area contributed by atoms with Crippen molar-refractivity contribution in [3.8, 4) is 5.75 Å². The molecule has 1 heterocycles. The van der Waals surface area contributed by atoms with E-state index in [1.54, 1.807) is 0 Å². The van der Waals surface area contributed by atoms with E-state index in [2.05, 4.69) is 19.9 Å². The van der Waals surface area contributed by atoms with Crippen LogP contribution in [0.25, 0.3) is 0 Å². The van der Waals surface area contributed by atoms with Gasteiger partial charge in [-0.25, -0.2) is 4.79 Å². The quantitative estimate of drug-likeness (QED) is 0.874. The molecule has 0 fully saturated rings. The molecule has 0 aliphatic carbocycles. The Hall–Kier alpha value is -1.71. The van der Waals surface area contributed by atoms with Crippen LogP contribution in [-0.2, 0) is 4.79 Å². The Labute approximate surface area is 107 Å². The summed E-state index contributed by atoms with van der Waals surface area (Å²) in [5.74, 6) is 0.163. The number of aliphatic carboxylic acids is 1. The number of benzene rings is 1. The number of nitrogens with zero attached hydrogens (tertiary/aromatic N) is 1. The van der Waals surface area contributed by atoms with E-state index in [-0.39, 0.29) is 6.04 Å². The van der Waals surface area contributed by atoms with Crippen LogP contribution in [0.3, 0.4) is 0 Å². The lowest BCUT2D eigenvalue weighted by Crippen LogP contribution is -2.50. The summed E-state index contributed by atoms with van der Waals surface area (Å²) < 4.78 is 5.57. The van der Waals surface area contributed by atoms with Crippen LogP contribution in [-0.4, -0.2) is 30.3 Å². The average Bonchev–Trinajstić information content (AvgIpc) is 2.32. The number of likely N-dealkylation sites (N-methyl/N-ethyl adjacent to an activating group) is 1. The number of fused-ring (bicyclic) bond motifs is 1. The summed E-state index contributed by atoms with van der Waals surface area (Å²) in [4.78, 5) is 13.1. The van der Waals surface area contributed by atoms with E-state index in [4.69, 9.17) is 9.84 Å². The predicted octanol–water partition coefficient (Wildman–Crippen LogP) is 2.48. The van der Waals surface area contributed by atoms with Crippen molar-refractivity contribution in [3.63, 3.8) is 0 Å². The van der Waals surface area contributed by atoms with E-state index in [0.29, 0.717) is 11.7 Å². The van der Waals surface area contributed by atoms with Crippen molar-refractivity contribution in [1.82, 2.24) is 0 Å². The minimum absolute atomic E-state index is 0.183. The van der Waals surface area contributed by atoms with E-state index in [0.717, 1.165) is 5.69 Å². The van der Waals surface area contributed by atoms with Crippen molar-refractivity contribution >= 4 is 11.7 Å². The molecule has 2 unspecified atom stereocenters. The Morgan fingerprint density at radius 1 is 1.44 bits per heavy atom. The van der Waals surface area contributed by atoms with Crippen molar-refractivity contribution < 1.29 is 14.6 Å². The van der Waals surface area contributed by atoms with Crippen LogP contribution in [0.1, 0.15) is 32.3 Å². The van der Waals surface area contributed by atoms with Crippen molar-refractivity contribution in [3.05, 3.63) is 23.8 Å². The monoisotopic (exact) mass is 249 g/mol. The summed E-state index contributed by atoms with van der Waals surface area (Å²) in [6, 6.07) is 5.75.